The van der Waals surface area contributed by atoms with Gasteiger partial charge in [0.2, 0.25) is 0 Å². The number of ether oxygens (including phenoxy) is 1. The van der Waals surface area contributed by atoms with Crippen LogP contribution in [0.25, 0.3) is 27.9 Å². The van der Waals surface area contributed by atoms with Crippen molar-refractivity contribution in [1.82, 2.24) is 14.3 Å². The Balaban J connectivity index is 1.91. The van der Waals surface area contributed by atoms with Gasteiger partial charge in [-0.2, -0.15) is 13.2 Å². The predicted octanol–water partition coefficient (Wildman–Crippen LogP) is 3.52. The monoisotopic (exact) mass is 489 g/mol. The van der Waals surface area contributed by atoms with Crippen LogP contribution in [-0.2, 0) is 18.0 Å². The molecule has 2 aromatic carbocycles. The molecular weight excluding hydrogens is 471 g/mol. The van der Waals surface area contributed by atoms with Gasteiger partial charge in [0.15, 0.2) is 11.7 Å². The molecule has 35 heavy (non-hydrogen) atoms. The summed E-state index contributed by atoms with van der Waals surface area (Å²) < 4.78 is 51.4. The fourth-order valence-corrected chi connectivity index (χ4v) is 3.57. The summed E-state index contributed by atoms with van der Waals surface area (Å²) in [6.07, 6.45) is -6.05. The molecule has 2 aromatic heterocycles. The highest BCUT2D eigenvalue weighted by molar-refractivity contribution is 5.94. The number of carboxylic acid groups (broad SMARTS) is 1. The lowest BCUT2D eigenvalue weighted by molar-refractivity contribution is -0.144. The van der Waals surface area contributed by atoms with E-state index < -0.39 is 35.2 Å². The van der Waals surface area contributed by atoms with E-state index in [1.54, 1.807) is 25.1 Å². The molecule has 9 nitrogen and oxygen atoms in total. The summed E-state index contributed by atoms with van der Waals surface area (Å²) in [5.41, 5.74) is -2.03. The zero-order valence-electron chi connectivity index (χ0n) is 18.6. The van der Waals surface area contributed by atoms with Crippen molar-refractivity contribution in [2.75, 3.05) is 0 Å². The van der Waals surface area contributed by atoms with E-state index in [1.165, 1.54) is 25.1 Å². The second-order valence-electron chi connectivity index (χ2n) is 7.85. The van der Waals surface area contributed by atoms with Crippen molar-refractivity contribution in [2.24, 2.45) is 7.05 Å². The van der Waals surface area contributed by atoms with E-state index in [4.69, 9.17) is 9.26 Å². The van der Waals surface area contributed by atoms with Crippen molar-refractivity contribution in [3.63, 3.8) is 0 Å². The molecule has 12 heteroatoms. The van der Waals surface area contributed by atoms with Gasteiger partial charge >= 0.3 is 17.8 Å². The maximum atomic E-state index is 13.2. The summed E-state index contributed by atoms with van der Waals surface area (Å²) in [4.78, 5) is 36.5. The van der Waals surface area contributed by atoms with Gasteiger partial charge in [-0.3, -0.25) is 9.36 Å². The van der Waals surface area contributed by atoms with Gasteiger partial charge in [0.05, 0.1) is 11.1 Å². The number of rotatable bonds is 5. The number of hydrogen-bond donors (Lipinski definition) is 1. The van der Waals surface area contributed by atoms with Gasteiger partial charge in [-0.15, -0.1) is 0 Å². The first kappa shape index (κ1) is 23.8. The first-order valence-electron chi connectivity index (χ1n) is 10.2. The Morgan fingerprint density at radius 1 is 1.14 bits per heavy atom. The number of halogens is 3. The van der Waals surface area contributed by atoms with Crippen LogP contribution in [0.5, 0.6) is 5.75 Å². The lowest BCUT2D eigenvalue weighted by Crippen LogP contribution is -2.40. The van der Waals surface area contributed by atoms with Gasteiger partial charge in [0.25, 0.3) is 5.56 Å². The summed E-state index contributed by atoms with van der Waals surface area (Å²) in [7, 11) is 0.921. The van der Waals surface area contributed by atoms with Crippen molar-refractivity contribution < 1.29 is 32.3 Å². The number of aliphatic carboxylic acids is 1. The Bertz CT molecular complexity index is 1580. The Labute approximate surface area is 194 Å². The van der Waals surface area contributed by atoms with Gasteiger partial charge in [0, 0.05) is 18.7 Å². The Kier molecular flexibility index (Phi) is 5.75. The zero-order chi connectivity index (χ0) is 25.7. The van der Waals surface area contributed by atoms with E-state index in [2.05, 4.69) is 5.16 Å². The minimum atomic E-state index is -4.88. The number of aromatic nitrogens is 3. The SMILES string of the molecule is Cc1ccc(OC(C)C(=O)O)c(-c2noc3ccc(-n4c(=O)cc(C(F)(F)F)n(C)c4=O)cc23)c1. The molecule has 0 saturated heterocycles. The molecule has 2 heterocycles. The summed E-state index contributed by atoms with van der Waals surface area (Å²) in [6, 6.07) is 9.46. The smallest absolute Gasteiger partial charge is 0.431 e. The summed E-state index contributed by atoms with van der Waals surface area (Å²) in [6.45, 7) is 3.16. The van der Waals surface area contributed by atoms with Crippen molar-refractivity contribution in [1.29, 1.82) is 0 Å². The largest absolute Gasteiger partial charge is 0.479 e. The maximum absolute atomic E-state index is 13.2. The molecule has 0 aliphatic rings. The van der Waals surface area contributed by atoms with E-state index >= 15 is 0 Å². The van der Waals surface area contributed by atoms with E-state index in [9.17, 15) is 32.7 Å². The zero-order valence-corrected chi connectivity index (χ0v) is 18.6. The fraction of sp³-hybridized carbons (Fsp3) is 0.217. The third-order valence-corrected chi connectivity index (χ3v) is 5.36. The van der Waals surface area contributed by atoms with Crippen LogP contribution in [0, 0.1) is 6.92 Å². The number of aryl methyl sites for hydroxylation is 1. The lowest BCUT2D eigenvalue weighted by Gasteiger charge is -2.15. The Morgan fingerprint density at radius 3 is 2.51 bits per heavy atom. The third-order valence-electron chi connectivity index (χ3n) is 5.36. The number of nitrogens with zero attached hydrogens (tertiary/aromatic N) is 3. The van der Waals surface area contributed by atoms with E-state index in [0.29, 0.717) is 26.2 Å². The van der Waals surface area contributed by atoms with Crippen molar-refractivity contribution in [3.05, 3.63) is 74.6 Å². The molecule has 0 aliphatic heterocycles. The van der Waals surface area contributed by atoms with Crippen LogP contribution >= 0.6 is 0 Å². The molecule has 1 unspecified atom stereocenters. The lowest BCUT2D eigenvalue weighted by atomic mass is 10.0. The molecule has 0 spiro atoms. The van der Waals surface area contributed by atoms with Crippen molar-refractivity contribution >= 4 is 16.9 Å². The topological polar surface area (TPSA) is 117 Å². The highest BCUT2D eigenvalue weighted by Gasteiger charge is 2.35. The Morgan fingerprint density at radius 2 is 1.86 bits per heavy atom. The second-order valence-corrected chi connectivity index (χ2v) is 7.85. The second kappa shape index (κ2) is 8.46. The standard InChI is InChI=1S/C23H18F3N3O6/c1-11-4-6-16(34-12(2)21(31)32)14(8-11)20-15-9-13(5-7-17(15)35-27-20)29-19(30)10-18(23(24,25)26)28(3)22(29)33/h4-10,12H,1-3H3,(H,31,32). The highest BCUT2D eigenvalue weighted by atomic mass is 19.4. The molecule has 0 fully saturated rings. The molecule has 0 amide bonds. The van der Waals surface area contributed by atoms with E-state index in [1.807, 2.05) is 0 Å². The molecule has 0 bridgehead atoms. The average Bonchev–Trinajstić information content (AvgIpc) is 3.20. The number of benzene rings is 2. The van der Waals surface area contributed by atoms with Crippen LogP contribution in [0.2, 0.25) is 0 Å². The van der Waals surface area contributed by atoms with Crippen LogP contribution in [0.4, 0.5) is 13.2 Å². The molecule has 0 aliphatic carbocycles. The van der Waals surface area contributed by atoms with Crippen LogP contribution < -0.4 is 16.0 Å². The molecule has 1 atom stereocenters. The molecule has 4 aromatic rings. The summed E-state index contributed by atoms with van der Waals surface area (Å²) >= 11 is 0. The van der Waals surface area contributed by atoms with Crippen LogP contribution in [-0.4, -0.2) is 31.5 Å². The number of carboxylic acids is 1. The normalized spacial score (nSPS) is 12.6. The van der Waals surface area contributed by atoms with E-state index in [0.717, 1.165) is 12.6 Å². The third kappa shape index (κ3) is 4.29. The predicted molar refractivity (Wildman–Crippen MR) is 118 cm³/mol. The van der Waals surface area contributed by atoms with Gasteiger partial charge in [-0.05, 0) is 44.2 Å². The highest BCUT2D eigenvalue weighted by Crippen LogP contribution is 2.36. The van der Waals surface area contributed by atoms with E-state index in [-0.39, 0.29) is 22.7 Å². The molecular formula is C23H18F3N3O6. The van der Waals surface area contributed by atoms with Gasteiger partial charge in [0.1, 0.15) is 17.1 Å². The molecule has 0 saturated carbocycles. The summed E-state index contributed by atoms with van der Waals surface area (Å²) in [5, 5.41) is 13.6. The minimum absolute atomic E-state index is 0.00435. The quantitative estimate of drug-likeness (QED) is 0.456. The average molecular weight is 489 g/mol. The molecule has 4 rings (SSSR count). The molecule has 182 valence electrons. The summed E-state index contributed by atoms with van der Waals surface area (Å²) in [5.74, 6) is -0.977. The van der Waals surface area contributed by atoms with Crippen LogP contribution in [0.1, 0.15) is 18.2 Å². The minimum Gasteiger partial charge on any atom is -0.479 e. The van der Waals surface area contributed by atoms with Gasteiger partial charge in [-0.25, -0.2) is 14.2 Å². The van der Waals surface area contributed by atoms with Gasteiger partial charge < -0.3 is 14.4 Å². The fourth-order valence-electron chi connectivity index (χ4n) is 3.57. The number of fused-ring (bicyclic) bond motifs is 1. The van der Waals surface area contributed by atoms with Crippen molar-refractivity contribution in [2.45, 2.75) is 26.1 Å². The number of carbonyl (C=O) groups is 1. The first-order chi connectivity index (χ1) is 16.4. The van der Waals surface area contributed by atoms with Crippen molar-refractivity contribution in [3.8, 4) is 22.7 Å². The Hall–Kier alpha value is -4.35. The number of hydrogen-bond acceptors (Lipinski definition) is 6. The van der Waals surface area contributed by atoms with Gasteiger partial charge in [-0.1, -0.05) is 16.8 Å². The van der Waals surface area contributed by atoms with Crippen LogP contribution in [0.3, 0.4) is 0 Å². The molecule has 0 radical (unpaired) electrons. The van der Waals surface area contributed by atoms with Crippen LogP contribution in [0.15, 0.2) is 56.6 Å². The number of alkyl halides is 3. The maximum Gasteiger partial charge on any atom is 0.431 e. The first-order valence-corrected chi connectivity index (χ1v) is 10.2. The molecule has 1 N–H and O–H groups in total.